The Kier molecular flexibility index (Phi) is 7.65. The fourth-order valence-corrected chi connectivity index (χ4v) is 4.41. The van der Waals surface area contributed by atoms with Crippen LogP contribution in [0.15, 0.2) is 53.5 Å². The van der Waals surface area contributed by atoms with E-state index in [-0.39, 0.29) is 29.8 Å². The fraction of sp³-hybridized carbons (Fsp3) is 0.333. The highest BCUT2D eigenvalue weighted by Gasteiger charge is 2.18. The minimum absolute atomic E-state index is 0. The van der Waals surface area contributed by atoms with Gasteiger partial charge in [0, 0.05) is 44.8 Å². The molecule has 5 nitrogen and oxygen atoms in total. The Morgan fingerprint density at radius 1 is 1.07 bits per heavy atom. The number of hydrogen-bond acceptors (Lipinski definition) is 4. The number of nitrogens with two attached hydrogens (primary N) is 1. The molecule has 0 amide bonds. The lowest BCUT2D eigenvalue weighted by atomic mass is 10.2. The van der Waals surface area contributed by atoms with Crippen LogP contribution in [-0.4, -0.2) is 48.6 Å². The maximum Gasteiger partial charge on any atom is 0.191 e. The number of aliphatic imine (C=N–C) groups is 1. The largest absolute Gasteiger partial charge is 0.370 e. The maximum atomic E-state index is 13.1. The first-order chi connectivity index (χ1) is 13.7. The number of benzene rings is 2. The summed E-state index contributed by atoms with van der Waals surface area (Å²) in [7, 11) is 0. The van der Waals surface area contributed by atoms with Crippen molar-refractivity contribution >= 4 is 57.2 Å². The maximum absolute atomic E-state index is 13.1. The van der Waals surface area contributed by atoms with Crippen LogP contribution in [-0.2, 0) is 6.42 Å². The van der Waals surface area contributed by atoms with Crippen molar-refractivity contribution in [1.29, 1.82) is 0 Å². The molecule has 1 aliphatic heterocycles. The van der Waals surface area contributed by atoms with Crippen LogP contribution in [0.2, 0.25) is 0 Å². The van der Waals surface area contributed by atoms with Gasteiger partial charge in [-0.3, -0.25) is 4.99 Å². The number of nitrogens with zero attached hydrogens (tertiary/aromatic N) is 4. The summed E-state index contributed by atoms with van der Waals surface area (Å²) < 4.78 is 14.3. The molecule has 2 heterocycles. The first kappa shape index (κ1) is 21.8. The van der Waals surface area contributed by atoms with Gasteiger partial charge in [-0.15, -0.1) is 35.3 Å². The van der Waals surface area contributed by atoms with Crippen molar-refractivity contribution < 1.29 is 4.39 Å². The molecule has 0 atom stereocenters. The lowest BCUT2D eigenvalue weighted by Crippen LogP contribution is -2.51. The minimum atomic E-state index is -0.204. The van der Waals surface area contributed by atoms with Crippen molar-refractivity contribution in [2.24, 2.45) is 10.7 Å². The highest BCUT2D eigenvalue weighted by atomic mass is 127. The molecule has 154 valence electrons. The third kappa shape index (κ3) is 5.57. The molecule has 0 bridgehead atoms. The van der Waals surface area contributed by atoms with E-state index in [0.717, 1.165) is 55.2 Å². The van der Waals surface area contributed by atoms with Crippen LogP contribution in [0.25, 0.3) is 10.2 Å². The van der Waals surface area contributed by atoms with Gasteiger partial charge in [0.15, 0.2) is 5.96 Å². The second-order valence-corrected chi connectivity index (χ2v) is 7.98. The number of halogens is 2. The molecule has 1 saturated heterocycles. The summed E-state index contributed by atoms with van der Waals surface area (Å²) in [5, 5.41) is 1.16. The molecule has 29 heavy (non-hydrogen) atoms. The van der Waals surface area contributed by atoms with E-state index in [9.17, 15) is 4.39 Å². The number of fused-ring (bicyclic) bond motifs is 1. The normalized spacial score (nSPS) is 14.9. The van der Waals surface area contributed by atoms with Crippen LogP contribution in [0, 0.1) is 5.82 Å². The number of guanidine groups is 1. The van der Waals surface area contributed by atoms with Gasteiger partial charge >= 0.3 is 0 Å². The Balaban J connectivity index is 0.00000240. The number of thiazole rings is 1. The number of para-hydroxylation sites is 1. The predicted molar refractivity (Wildman–Crippen MR) is 130 cm³/mol. The number of hydrogen-bond donors (Lipinski definition) is 1. The molecule has 4 rings (SSSR count). The van der Waals surface area contributed by atoms with Crippen LogP contribution in [0.4, 0.5) is 10.1 Å². The van der Waals surface area contributed by atoms with Crippen molar-refractivity contribution in [3.05, 3.63) is 59.4 Å². The van der Waals surface area contributed by atoms with Crippen LogP contribution >= 0.6 is 35.3 Å². The molecule has 2 aromatic carbocycles. The zero-order chi connectivity index (χ0) is 19.3. The molecule has 1 aromatic heterocycles. The number of aryl methyl sites for hydroxylation is 1. The number of rotatable bonds is 5. The summed E-state index contributed by atoms with van der Waals surface area (Å²) in [5.41, 5.74) is 8.31. The molecule has 0 radical (unpaired) electrons. The van der Waals surface area contributed by atoms with E-state index in [1.54, 1.807) is 11.3 Å². The van der Waals surface area contributed by atoms with Gasteiger partial charge in [0.1, 0.15) is 5.82 Å². The van der Waals surface area contributed by atoms with Crippen LogP contribution < -0.4 is 10.6 Å². The molecule has 0 aliphatic carbocycles. The molecule has 0 spiro atoms. The first-order valence-corrected chi connectivity index (χ1v) is 10.4. The molecule has 1 aliphatic rings. The Hall–Kier alpha value is -1.94. The van der Waals surface area contributed by atoms with Gasteiger partial charge < -0.3 is 15.5 Å². The van der Waals surface area contributed by atoms with E-state index < -0.39 is 0 Å². The van der Waals surface area contributed by atoms with Gasteiger partial charge in [0.25, 0.3) is 0 Å². The lowest BCUT2D eigenvalue weighted by molar-refractivity contribution is 0.380. The molecular formula is C21H25FIN5S. The van der Waals surface area contributed by atoms with E-state index in [4.69, 9.17) is 5.73 Å². The standard InChI is InChI=1S/C21H24FN5S.HI/c22-16-7-9-17(10-8-16)26-12-14-27(15-13-26)21(23)24-11-3-6-20-25-18-4-1-2-5-19(18)28-20;/h1-2,4-5,7-10H,3,6,11-15H2,(H2,23,24);1H. The number of anilines is 1. The summed E-state index contributed by atoms with van der Waals surface area (Å²) in [6.07, 6.45) is 1.87. The van der Waals surface area contributed by atoms with Gasteiger partial charge in [0.05, 0.1) is 15.2 Å². The molecule has 8 heteroatoms. The molecule has 3 aromatic rings. The topological polar surface area (TPSA) is 57.8 Å². The highest BCUT2D eigenvalue weighted by molar-refractivity contribution is 14.0. The Morgan fingerprint density at radius 3 is 2.52 bits per heavy atom. The molecule has 0 saturated carbocycles. The van der Waals surface area contributed by atoms with E-state index >= 15 is 0 Å². The number of piperazine rings is 1. The lowest BCUT2D eigenvalue weighted by Gasteiger charge is -2.36. The van der Waals surface area contributed by atoms with E-state index in [1.807, 2.05) is 24.3 Å². The monoisotopic (exact) mass is 525 g/mol. The van der Waals surface area contributed by atoms with Gasteiger partial charge in [-0.25, -0.2) is 9.37 Å². The summed E-state index contributed by atoms with van der Waals surface area (Å²) in [5.74, 6) is 0.410. The molecule has 1 fully saturated rings. The van der Waals surface area contributed by atoms with Gasteiger partial charge in [-0.1, -0.05) is 12.1 Å². The average molecular weight is 525 g/mol. The summed E-state index contributed by atoms with van der Waals surface area (Å²) in [6, 6.07) is 14.9. The third-order valence-corrected chi connectivity index (χ3v) is 6.05. The summed E-state index contributed by atoms with van der Waals surface area (Å²) >= 11 is 1.75. The predicted octanol–water partition coefficient (Wildman–Crippen LogP) is 4.12. The Morgan fingerprint density at radius 2 is 1.79 bits per heavy atom. The van der Waals surface area contributed by atoms with Crippen molar-refractivity contribution in [2.45, 2.75) is 12.8 Å². The van der Waals surface area contributed by atoms with Crippen molar-refractivity contribution in [2.75, 3.05) is 37.6 Å². The smallest absolute Gasteiger partial charge is 0.191 e. The zero-order valence-corrected chi connectivity index (χ0v) is 19.3. The second-order valence-electron chi connectivity index (χ2n) is 6.87. The number of aromatic nitrogens is 1. The van der Waals surface area contributed by atoms with E-state index in [0.29, 0.717) is 12.5 Å². The highest BCUT2D eigenvalue weighted by Crippen LogP contribution is 2.22. The molecule has 2 N–H and O–H groups in total. The average Bonchev–Trinajstić information content (AvgIpc) is 3.15. The van der Waals surface area contributed by atoms with Crippen LogP contribution in [0.1, 0.15) is 11.4 Å². The quantitative estimate of drug-likeness (QED) is 0.236. The van der Waals surface area contributed by atoms with Crippen LogP contribution in [0.5, 0.6) is 0 Å². The minimum Gasteiger partial charge on any atom is -0.370 e. The van der Waals surface area contributed by atoms with Gasteiger partial charge in [-0.05, 0) is 42.8 Å². The molecule has 0 unspecified atom stereocenters. The third-order valence-electron chi connectivity index (χ3n) is 4.96. The zero-order valence-electron chi connectivity index (χ0n) is 16.1. The van der Waals surface area contributed by atoms with Gasteiger partial charge in [0.2, 0.25) is 0 Å². The summed E-state index contributed by atoms with van der Waals surface area (Å²) in [4.78, 5) is 13.6. The second kappa shape index (κ2) is 10.2. The van der Waals surface area contributed by atoms with Crippen molar-refractivity contribution in [3.63, 3.8) is 0 Å². The van der Waals surface area contributed by atoms with E-state index in [2.05, 4.69) is 31.9 Å². The SMILES string of the molecule is I.NC(=NCCCc1nc2ccccc2s1)N1CCN(c2ccc(F)cc2)CC1. The molecular weight excluding hydrogens is 500 g/mol. The fourth-order valence-electron chi connectivity index (χ4n) is 3.40. The summed E-state index contributed by atoms with van der Waals surface area (Å²) in [6.45, 7) is 4.07. The van der Waals surface area contributed by atoms with Crippen molar-refractivity contribution in [1.82, 2.24) is 9.88 Å². The first-order valence-electron chi connectivity index (χ1n) is 9.59. The Bertz CT molecular complexity index is 918. The van der Waals surface area contributed by atoms with E-state index in [1.165, 1.54) is 16.8 Å². The van der Waals surface area contributed by atoms with Gasteiger partial charge in [-0.2, -0.15) is 0 Å². The van der Waals surface area contributed by atoms with Crippen LogP contribution in [0.3, 0.4) is 0 Å². The Labute approximate surface area is 191 Å². The van der Waals surface area contributed by atoms with Crippen molar-refractivity contribution in [3.8, 4) is 0 Å².